The van der Waals surface area contributed by atoms with Crippen LogP contribution in [0.3, 0.4) is 0 Å². The summed E-state index contributed by atoms with van der Waals surface area (Å²) in [6, 6.07) is 4.60. The molecule has 0 unspecified atom stereocenters. The van der Waals surface area contributed by atoms with E-state index in [0.717, 1.165) is 18.0 Å². The third-order valence-corrected chi connectivity index (χ3v) is 3.78. The number of piperidine rings is 1. The van der Waals surface area contributed by atoms with Crippen LogP contribution in [-0.2, 0) is 6.42 Å². The van der Waals surface area contributed by atoms with E-state index in [9.17, 15) is 0 Å². The van der Waals surface area contributed by atoms with Crippen LogP contribution in [0.5, 0.6) is 5.88 Å². The van der Waals surface area contributed by atoms with Gasteiger partial charge in [-0.05, 0) is 58.2 Å². The van der Waals surface area contributed by atoms with Crippen LogP contribution in [0.25, 0.3) is 0 Å². The molecule has 1 aromatic heterocycles. The largest absolute Gasteiger partial charge is 0.480 e. The highest BCUT2D eigenvalue weighted by molar-refractivity contribution is 5.11. The standard InChI is InChI=1S/C14H23N3O/c1-11(2)17-8-6-12(7-9-17)10-13-4-5-14(18-3)16-15-13/h4-5,11-12H,6-10H2,1-3H3. The molecule has 2 rings (SSSR count). The lowest BCUT2D eigenvalue weighted by Gasteiger charge is -2.34. The van der Waals surface area contributed by atoms with E-state index in [1.54, 1.807) is 7.11 Å². The maximum Gasteiger partial charge on any atom is 0.233 e. The zero-order valence-electron chi connectivity index (χ0n) is 11.6. The van der Waals surface area contributed by atoms with E-state index < -0.39 is 0 Å². The van der Waals surface area contributed by atoms with Gasteiger partial charge in [-0.3, -0.25) is 0 Å². The van der Waals surface area contributed by atoms with Crippen molar-refractivity contribution in [1.29, 1.82) is 0 Å². The Morgan fingerprint density at radius 3 is 2.50 bits per heavy atom. The molecule has 0 aliphatic carbocycles. The second-order valence-electron chi connectivity index (χ2n) is 5.34. The van der Waals surface area contributed by atoms with E-state index in [-0.39, 0.29) is 0 Å². The lowest BCUT2D eigenvalue weighted by molar-refractivity contribution is 0.149. The molecule has 0 aromatic carbocycles. The SMILES string of the molecule is COc1ccc(CC2CCN(C(C)C)CC2)nn1. The quantitative estimate of drug-likeness (QED) is 0.819. The van der Waals surface area contributed by atoms with E-state index in [1.165, 1.54) is 25.9 Å². The fourth-order valence-electron chi connectivity index (χ4n) is 2.53. The highest BCUT2D eigenvalue weighted by atomic mass is 16.5. The third-order valence-electron chi connectivity index (χ3n) is 3.78. The summed E-state index contributed by atoms with van der Waals surface area (Å²) in [6.07, 6.45) is 3.58. The van der Waals surface area contributed by atoms with Gasteiger partial charge in [0.15, 0.2) is 0 Å². The second-order valence-corrected chi connectivity index (χ2v) is 5.34. The van der Waals surface area contributed by atoms with E-state index in [2.05, 4.69) is 28.9 Å². The summed E-state index contributed by atoms with van der Waals surface area (Å²) < 4.78 is 5.02. The monoisotopic (exact) mass is 249 g/mol. The average Bonchev–Trinajstić information content (AvgIpc) is 2.40. The highest BCUT2D eigenvalue weighted by Crippen LogP contribution is 2.22. The summed E-state index contributed by atoms with van der Waals surface area (Å²) in [7, 11) is 1.62. The van der Waals surface area contributed by atoms with Crippen molar-refractivity contribution in [1.82, 2.24) is 15.1 Å². The number of hydrogen-bond acceptors (Lipinski definition) is 4. The number of aromatic nitrogens is 2. The van der Waals surface area contributed by atoms with Crippen LogP contribution in [0.4, 0.5) is 0 Å². The molecule has 2 heterocycles. The number of likely N-dealkylation sites (tertiary alicyclic amines) is 1. The Hall–Kier alpha value is -1.16. The lowest BCUT2D eigenvalue weighted by atomic mass is 9.91. The molecule has 0 saturated carbocycles. The minimum Gasteiger partial charge on any atom is -0.480 e. The first-order valence-corrected chi connectivity index (χ1v) is 6.79. The molecule has 0 spiro atoms. The molecule has 100 valence electrons. The van der Waals surface area contributed by atoms with E-state index in [1.807, 2.05) is 12.1 Å². The summed E-state index contributed by atoms with van der Waals surface area (Å²) in [5.41, 5.74) is 1.08. The Kier molecular flexibility index (Phi) is 4.53. The van der Waals surface area contributed by atoms with Crippen LogP contribution in [-0.4, -0.2) is 41.3 Å². The molecular formula is C14H23N3O. The molecule has 1 fully saturated rings. The minimum absolute atomic E-state index is 0.591. The fourth-order valence-corrected chi connectivity index (χ4v) is 2.53. The van der Waals surface area contributed by atoms with Gasteiger partial charge in [0.25, 0.3) is 0 Å². The molecule has 0 N–H and O–H groups in total. The molecule has 0 radical (unpaired) electrons. The van der Waals surface area contributed by atoms with Crippen molar-refractivity contribution in [2.75, 3.05) is 20.2 Å². The number of hydrogen-bond donors (Lipinski definition) is 0. The first-order valence-electron chi connectivity index (χ1n) is 6.79. The molecule has 1 aliphatic heterocycles. The Bertz CT molecular complexity index is 356. The Balaban J connectivity index is 1.83. The van der Waals surface area contributed by atoms with Crippen molar-refractivity contribution in [2.45, 2.75) is 39.2 Å². The Morgan fingerprint density at radius 2 is 2.00 bits per heavy atom. The van der Waals surface area contributed by atoms with Gasteiger partial charge in [-0.15, -0.1) is 5.10 Å². The highest BCUT2D eigenvalue weighted by Gasteiger charge is 2.21. The molecule has 0 atom stereocenters. The van der Waals surface area contributed by atoms with Crippen molar-refractivity contribution in [2.24, 2.45) is 5.92 Å². The predicted octanol–water partition coefficient (Wildman–Crippen LogP) is 2.15. The zero-order chi connectivity index (χ0) is 13.0. The van der Waals surface area contributed by atoms with Crippen molar-refractivity contribution < 1.29 is 4.74 Å². The summed E-state index contributed by atoms with van der Waals surface area (Å²) >= 11 is 0. The van der Waals surface area contributed by atoms with Crippen molar-refractivity contribution in [3.63, 3.8) is 0 Å². The van der Waals surface area contributed by atoms with Crippen molar-refractivity contribution in [3.8, 4) is 5.88 Å². The van der Waals surface area contributed by atoms with Crippen LogP contribution < -0.4 is 4.74 Å². The molecular weight excluding hydrogens is 226 g/mol. The molecule has 0 amide bonds. The number of nitrogens with zero attached hydrogens (tertiary/aromatic N) is 3. The molecule has 4 heteroatoms. The summed E-state index contributed by atoms with van der Waals surface area (Å²) in [5.74, 6) is 1.34. The van der Waals surface area contributed by atoms with Crippen LogP contribution in [0.2, 0.25) is 0 Å². The van der Waals surface area contributed by atoms with Crippen molar-refractivity contribution in [3.05, 3.63) is 17.8 Å². The van der Waals surface area contributed by atoms with E-state index in [4.69, 9.17) is 4.74 Å². The van der Waals surface area contributed by atoms with Gasteiger partial charge in [0.2, 0.25) is 5.88 Å². The average molecular weight is 249 g/mol. The second kappa shape index (κ2) is 6.14. The smallest absolute Gasteiger partial charge is 0.233 e. The summed E-state index contributed by atoms with van der Waals surface area (Å²) in [6.45, 7) is 6.97. The first-order chi connectivity index (χ1) is 8.69. The molecule has 0 bridgehead atoms. The minimum atomic E-state index is 0.591. The molecule has 1 saturated heterocycles. The number of methoxy groups -OCH3 is 1. The van der Waals surface area contributed by atoms with Crippen LogP contribution in [0.15, 0.2) is 12.1 Å². The van der Waals surface area contributed by atoms with Crippen molar-refractivity contribution >= 4 is 0 Å². The molecule has 1 aliphatic rings. The molecule has 4 nitrogen and oxygen atoms in total. The van der Waals surface area contributed by atoms with E-state index in [0.29, 0.717) is 11.9 Å². The summed E-state index contributed by atoms with van der Waals surface area (Å²) in [4.78, 5) is 2.55. The summed E-state index contributed by atoms with van der Waals surface area (Å²) in [5, 5.41) is 8.23. The van der Waals surface area contributed by atoms with Gasteiger partial charge in [0.05, 0.1) is 12.8 Å². The van der Waals surface area contributed by atoms with E-state index >= 15 is 0 Å². The van der Waals surface area contributed by atoms with Gasteiger partial charge in [0.1, 0.15) is 0 Å². The Morgan fingerprint density at radius 1 is 1.28 bits per heavy atom. The first kappa shape index (κ1) is 13.3. The van der Waals surface area contributed by atoms with Gasteiger partial charge in [-0.1, -0.05) is 0 Å². The lowest BCUT2D eigenvalue weighted by Crippen LogP contribution is -2.38. The molecule has 1 aromatic rings. The van der Waals surface area contributed by atoms with Crippen LogP contribution >= 0.6 is 0 Å². The number of rotatable bonds is 4. The third kappa shape index (κ3) is 3.42. The topological polar surface area (TPSA) is 38.2 Å². The fraction of sp³-hybridized carbons (Fsp3) is 0.714. The maximum absolute atomic E-state index is 5.02. The Labute approximate surface area is 109 Å². The predicted molar refractivity (Wildman–Crippen MR) is 71.7 cm³/mol. The van der Waals surface area contributed by atoms with Crippen LogP contribution in [0, 0.1) is 5.92 Å². The van der Waals surface area contributed by atoms with Gasteiger partial charge < -0.3 is 9.64 Å². The van der Waals surface area contributed by atoms with Gasteiger partial charge in [-0.2, -0.15) is 5.10 Å². The van der Waals surface area contributed by atoms with Crippen LogP contribution in [0.1, 0.15) is 32.4 Å². The molecule has 18 heavy (non-hydrogen) atoms. The van der Waals surface area contributed by atoms with Gasteiger partial charge >= 0.3 is 0 Å². The maximum atomic E-state index is 5.02. The normalized spacial score (nSPS) is 18.2. The van der Waals surface area contributed by atoms with Gasteiger partial charge in [0, 0.05) is 12.1 Å². The zero-order valence-corrected chi connectivity index (χ0v) is 11.6. The number of ether oxygens (including phenoxy) is 1. The van der Waals surface area contributed by atoms with Gasteiger partial charge in [-0.25, -0.2) is 0 Å².